The molecule has 2 heterocycles. The van der Waals surface area contributed by atoms with Crippen LogP contribution in [0.4, 0.5) is 18.9 Å². The molecule has 1 aromatic heterocycles. The molecule has 2 aromatic carbocycles. The van der Waals surface area contributed by atoms with Crippen molar-refractivity contribution >= 4 is 27.5 Å². The Morgan fingerprint density at radius 3 is 2.59 bits per heavy atom. The second-order valence-electron chi connectivity index (χ2n) is 6.16. The first kappa shape index (κ1) is 19.6. The predicted octanol–water partition coefficient (Wildman–Crippen LogP) is 4.36. The third-order valence-corrected chi connectivity index (χ3v) is 6.45. The molecule has 0 radical (unpaired) electrons. The Hall–Kier alpha value is -2.66. The lowest BCUT2D eigenvalue weighted by Crippen LogP contribution is -2.17. The number of hydrogen-bond donors (Lipinski definition) is 1. The minimum Gasteiger partial charge on any atom is -0.406 e. The Morgan fingerprint density at radius 2 is 1.90 bits per heavy atom. The van der Waals surface area contributed by atoms with E-state index in [4.69, 9.17) is 0 Å². The average molecular weight is 441 g/mol. The minimum atomic E-state index is -4.84. The first-order valence-corrected chi connectivity index (χ1v) is 10.9. The molecule has 0 atom stereocenters. The van der Waals surface area contributed by atoms with Gasteiger partial charge in [0.2, 0.25) is 0 Å². The first-order valence-electron chi connectivity index (χ1n) is 8.39. The molecule has 29 heavy (non-hydrogen) atoms. The number of alkyl halides is 3. The summed E-state index contributed by atoms with van der Waals surface area (Å²) < 4.78 is 70.1. The van der Waals surface area contributed by atoms with Crippen LogP contribution in [0.3, 0.4) is 0 Å². The van der Waals surface area contributed by atoms with Gasteiger partial charge in [0, 0.05) is 29.7 Å². The van der Waals surface area contributed by atoms with Gasteiger partial charge < -0.3 is 9.30 Å². The third kappa shape index (κ3) is 4.51. The number of nitrogens with zero attached hydrogens (tertiary/aromatic N) is 2. The van der Waals surface area contributed by atoms with Crippen molar-refractivity contribution in [3.63, 3.8) is 0 Å². The number of rotatable bonds is 5. The molecule has 1 N–H and O–H groups in total. The molecule has 3 aromatic rings. The normalized spacial score (nSPS) is 13.9. The van der Waals surface area contributed by atoms with Crippen molar-refractivity contribution in [3.8, 4) is 17.0 Å². The zero-order valence-corrected chi connectivity index (χ0v) is 16.3. The monoisotopic (exact) mass is 441 g/mol. The van der Waals surface area contributed by atoms with Crippen LogP contribution in [-0.2, 0) is 16.6 Å². The number of halogens is 3. The molecule has 0 unspecified atom stereocenters. The summed E-state index contributed by atoms with van der Waals surface area (Å²) in [6.45, 7) is 0.882. The van der Waals surface area contributed by atoms with E-state index in [1.165, 1.54) is 0 Å². The Balaban J connectivity index is 1.53. The molecular formula is C18H14F3N3O3S2. The van der Waals surface area contributed by atoms with Gasteiger partial charge in [-0.2, -0.15) is 0 Å². The number of ether oxygens (including phenoxy) is 1. The molecule has 0 amide bonds. The number of anilines is 1. The maximum absolute atomic E-state index is 12.6. The number of benzene rings is 2. The van der Waals surface area contributed by atoms with Gasteiger partial charge in [-0.25, -0.2) is 13.4 Å². The van der Waals surface area contributed by atoms with Crippen LogP contribution in [0.5, 0.6) is 5.75 Å². The standard InChI is InChI=1S/C18H14F3N3O3S2/c19-18(20,21)27-14-4-6-15(7-5-14)29(25,26)23-13-3-1-2-12(10-13)16-11-24-8-9-28-17(24)22-16/h1-7,10-11,23H,8-9H2. The molecule has 0 aliphatic carbocycles. The molecule has 0 spiro atoms. The van der Waals surface area contributed by atoms with Gasteiger partial charge in [0.25, 0.3) is 10.0 Å². The van der Waals surface area contributed by atoms with Gasteiger partial charge in [-0.1, -0.05) is 23.9 Å². The molecule has 1 aliphatic rings. The second kappa shape index (κ2) is 7.30. The number of fused-ring (bicyclic) bond motifs is 1. The highest BCUT2D eigenvalue weighted by Crippen LogP contribution is 2.30. The molecule has 6 nitrogen and oxygen atoms in total. The smallest absolute Gasteiger partial charge is 0.406 e. The fourth-order valence-electron chi connectivity index (χ4n) is 2.83. The topological polar surface area (TPSA) is 73.2 Å². The highest BCUT2D eigenvalue weighted by molar-refractivity contribution is 7.99. The summed E-state index contributed by atoms with van der Waals surface area (Å²) in [7, 11) is -3.99. The van der Waals surface area contributed by atoms with Crippen LogP contribution in [-0.4, -0.2) is 30.1 Å². The maximum atomic E-state index is 12.6. The van der Waals surface area contributed by atoms with Crippen molar-refractivity contribution in [3.05, 3.63) is 54.7 Å². The number of thioether (sulfide) groups is 1. The molecular weight excluding hydrogens is 427 g/mol. The van der Waals surface area contributed by atoms with E-state index in [9.17, 15) is 21.6 Å². The Morgan fingerprint density at radius 1 is 1.14 bits per heavy atom. The van der Waals surface area contributed by atoms with Crippen molar-refractivity contribution in [1.29, 1.82) is 0 Å². The van der Waals surface area contributed by atoms with E-state index in [1.807, 2.05) is 16.8 Å². The number of aromatic nitrogens is 2. The van der Waals surface area contributed by atoms with Gasteiger partial charge >= 0.3 is 6.36 Å². The molecule has 152 valence electrons. The van der Waals surface area contributed by atoms with Gasteiger partial charge in [0.05, 0.1) is 10.6 Å². The van der Waals surface area contributed by atoms with Crippen molar-refractivity contribution < 1.29 is 26.3 Å². The van der Waals surface area contributed by atoms with Crippen LogP contribution in [0.15, 0.2) is 64.8 Å². The molecule has 0 bridgehead atoms. The van der Waals surface area contributed by atoms with E-state index in [2.05, 4.69) is 14.4 Å². The summed E-state index contributed by atoms with van der Waals surface area (Å²) in [5.41, 5.74) is 1.81. The van der Waals surface area contributed by atoms with Crippen LogP contribution in [0.1, 0.15) is 0 Å². The Bertz CT molecular complexity index is 1120. The maximum Gasteiger partial charge on any atom is 0.573 e. The fraction of sp³-hybridized carbons (Fsp3) is 0.167. The van der Waals surface area contributed by atoms with E-state index in [0.29, 0.717) is 5.69 Å². The molecule has 0 saturated carbocycles. The van der Waals surface area contributed by atoms with Crippen molar-refractivity contribution in [2.45, 2.75) is 23.0 Å². The summed E-state index contributed by atoms with van der Waals surface area (Å²) in [6.07, 6.45) is -2.92. The van der Waals surface area contributed by atoms with E-state index < -0.39 is 22.1 Å². The van der Waals surface area contributed by atoms with E-state index in [-0.39, 0.29) is 4.90 Å². The van der Waals surface area contributed by atoms with Crippen molar-refractivity contribution in [2.24, 2.45) is 0 Å². The van der Waals surface area contributed by atoms with Gasteiger partial charge in [-0.3, -0.25) is 4.72 Å². The minimum absolute atomic E-state index is 0.185. The van der Waals surface area contributed by atoms with Crippen molar-refractivity contribution in [2.75, 3.05) is 10.5 Å². The lowest BCUT2D eigenvalue weighted by Gasteiger charge is -2.11. The predicted molar refractivity (Wildman–Crippen MR) is 102 cm³/mol. The van der Waals surface area contributed by atoms with Crippen LogP contribution in [0, 0.1) is 0 Å². The molecule has 0 fully saturated rings. The highest BCUT2D eigenvalue weighted by atomic mass is 32.2. The number of sulfonamides is 1. The van der Waals surface area contributed by atoms with E-state index in [0.717, 1.165) is 53.0 Å². The number of aryl methyl sites for hydroxylation is 1. The summed E-state index contributed by atoms with van der Waals surface area (Å²) in [5.74, 6) is 0.485. The third-order valence-electron chi connectivity index (χ3n) is 4.08. The Kier molecular flexibility index (Phi) is 4.95. The van der Waals surface area contributed by atoms with Gasteiger partial charge in [-0.15, -0.1) is 13.2 Å². The SMILES string of the molecule is O=S(=O)(Nc1cccc(-c2cn3c(n2)SCC3)c1)c1ccc(OC(F)(F)F)cc1. The molecule has 0 saturated heterocycles. The lowest BCUT2D eigenvalue weighted by atomic mass is 10.1. The molecule has 4 rings (SSSR count). The zero-order valence-electron chi connectivity index (χ0n) is 14.7. The van der Waals surface area contributed by atoms with Gasteiger partial charge in [-0.05, 0) is 36.4 Å². The summed E-state index contributed by atoms with van der Waals surface area (Å²) in [4.78, 5) is 4.35. The zero-order chi connectivity index (χ0) is 20.6. The van der Waals surface area contributed by atoms with Crippen LogP contribution in [0.25, 0.3) is 11.3 Å². The Labute approximate surface area is 168 Å². The summed E-state index contributed by atoms with van der Waals surface area (Å²) >= 11 is 1.66. The number of imidazole rings is 1. The number of nitrogens with one attached hydrogen (secondary N) is 1. The van der Waals surface area contributed by atoms with Gasteiger partial charge in [0.1, 0.15) is 5.75 Å². The van der Waals surface area contributed by atoms with Crippen molar-refractivity contribution in [1.82, 2.24) is 9.55 Å². The van der Waals surface area contributed by atoms with E-state index in [1.54, 1.807) is 30.0 Å². The largest absolute Gasteiger partial charge is 0.573 e. The average Bonchev–Trinajstić information content (AvgIpc) is 3.22. The molecule has 11 heteroatoms. The van der Waals surface area contributed by atoms with Gasteiger partial charge in [0.15, 0.2) is 5.16 Å². The second-order valence-corrected chi connectivity index (χ2v) is 8.90. The highest BCUT2D eigenvalue weighted by Gasteiger charge is 2.31. The summed E-state index contributed by atoms with van der Waals surface area (Å²) in [6, 6.07) is 10.7. The number of hydrogen-bond acceptors (Lipinski definition) is 5. The van der Waals surface area contributed by atoms with Crippen LogP contribution in [0.2, 0.25) is 0 Å². The lowest BCUT2D eigenvalue weighted by molar-refractivity contribution is -0.274. The first-order chi connectivity index (χ1) is 13.7. The van der Waals surface area contributed by atoms with Crippen LogP contribution < -0.4 is 9.46 Å². The molecule has 1 aliphatic heterocycles. The summed E-state index contributed by atoms with van der Waals surface area (Å²) in [5, 5.41) is 0.923. The fourth-order valence-corrected chi connectivity index (χ4v) is 4.82. The van der Waals surface area contributed by atoms with E-state index >= 15 is 0 Å². The quantitative estimate of drug-likeness (QED) is 0.637. The van der Waals surface area contributed by atoms with Crippen LogP contribution >= 0.6 is 11.8 Å².